The first kappa shape index (κ1) is 16.2. The standard InChI is InChI=1S/C17H27N5O/c1-5-22-8-7-19-15(22)11-18-10-14-6-9-23-17(14)16-12(2)20-21(4)13(16)3/h7-8,14,17-18H,5-6,9-11H2,1-4H3/t14-,17-/m0/s1. The van der Waals surface area contributed by atoms with Crippen molar-refractivity contribution < 1.29 is 4.74 Å². The Labute approximate surface area is 137 Å². The van der Waals surface area contributed by atoms with Crippen LogP contribution < -0.4 is 5.32 Å². The number of hydrogen-bond acceptors (Lipinski definition) is 4. The molecule has 1 saturated heterocycles. The SMILES string of the molecule is CCn1ccnc1CNC[C@@H]1CCO[C@@H]1c1c(C)nn(C)c1C. The first-order valence-electron chi connectivity index (χ1n) is 8.44. The van der Waals surface area contributed by atoms with E-state index in [0.717, 1.165) is 44.2 Å². The first-order chi connectivity index (χ1) is 11.1. The Hall–Kier alpha value is -1.66. The van der Waals surface area contributed by atoms with Gasteiger partial charge in [-0.25, -0.2) is 4.98 Å². The molecule has 6 nitrogen and oxygen atoms in total. The zero-order valence-corrected chi connectivity index (χ0v) is 14.5. The van der Waals surface area contributed by atoms with E-state index in [1.54, 1.807) is 0 Å². The molecule has 0 aliphatic carbocycles. The van der Waals surface area contributed by atoms with Gasteiger partial charge in [0.25, 0.3) is 0 Å². The summed E-state index contributed by atoms with van der Waals surface area (Å²) in [7, 11) is 2.00. The lowest BCUT2D eigenvalue weighted by Gasteiger charge is -2.20. The van der Waals surface area contributed by atoms with E-state index < -0.39 is 0 Å². The summed E-state index contributed by atoms with van der Waals surface area (Å²) in [4.78, 5) is 4.42. The van der Waals surface area contributed by atoms with Crippen LogP contribution in [0.25, 0.3) is 0 Å². The molecule has 1 N–H and O–H groups in total. The highest BCUT2D eigenvalue weighted by Gasteiger charge is 2.33. The molecular formula is C17H27N5O. The molecule has 0 saturated carbocycles. The van der Waals surface area contributed by atoms with E-state index in [9.17, 15) is 0 Å². The van der Waals surface area contributed by atoms with Crippen molar-refractivity contribution in [1.82, 2.24) is 24.6 Å². The van der Waals surface area contributed by atoms with Gasteiger partial charge in [-0.3, -0.25) is 4.68 Å². The van der Waals surface area contributed by atoms with Crippen molar-refractivity contribution in [3.05, 3.63) is 35.2 Å². The molecule has 0 radical (unpaired) electrons. The topological polar surface area (TPSA) is 56.9 Å². The van der Waals surface area contributed by atoms with Crippen molar-refractivity contribution in [2.75, 3.05) is 13.2 Å². The summed E-state index contributed by atoms with van der Waals surface area (Å²) in [5.74, 6) is 1.58. The van der Waals surface area contributed by atoms with Crippen molar-refractivity contribution in [3.63, 3.8) is 0 Å². The van der Waals surface area contributed by atoms with E-state index in [2.05, 4.69) is 40.7 Å². The van der Waals surface area contributed by atoms with E-state index in [0.29, 0.717) is 5.92 Å². The molecule has 3 rings (SSSR count). The van der Waals surface area contributed by atoms with Gasteiger partial charge in [-0.2, -0.15) is 5.10 Å². The van der Waals surface area contributed by atoms with Crippen LogP contribution in [0.2, 0.25) is 0 Å². The van der Waals surface area contributed by atoms with E-state index in [1.807, 2.05) is 24.1 Å². The summed E-state index contributed by atoms with van der Waals surface area (Å²) >= 11 is 0. The number of hydrogen-bond donors (Lipinski definition) is 1. The van der Waals surface area contributed by atoms with Gasteiger partial charge in [0.15, 0.2) is 0 Å². The van der Waals surface area contributed by atoms with Crippen LogP contribution in [0, 0.1) is 19.8 Å². The van der Waals surface area contributed by atoms with Crippen molar-refractivity contribution in [1.29, 1.82) is 0 Å². The van der Waals surface area contributed by atoms with Gasteiger partial charge in [0.05, 0.1) is 18.3 Å². The average molecular weight is 317 g/mol. The van der Waals surface area contributed by atoms with Crippen LogP contribution in [0.5, 0.6) is 0 Å². The third kappa shape index (κ3) is 3.19. The van der Waals surface area contributed by atoms with Gasteiger partial charge >= 0.3 is 0 Å². The number of ether oxygens (including phenoxy) is 1. The van der Waals surface area contributed by atoms with Gasteiger partial charge in [0, 0.05) is 56.3 Å². The Morgan fingerprint density at radius 3 is 2.91 bits per heavy atom. The summed E-state index contributed by atoms with van der Waals surface area (Å²) < 4.78 is 10.2. The van der Waals surface area contributed by atoms with Crippen LogP contribution in [-0.4, -0.2) is 32.5 Å². The maximum absolute atomic E-state index is 6.05. The molecule has 1 fully saturated rings. The lowest BCUT2D eigenvalue weighted by molar-refractivity contribution is 0.0893. The molecule has 0 unspecified atom stereocenters. The molecule has 23 heavy (non-hydrogen) atoms. The molecule has 6 heteroatoms. The maximum atomic E-state index is 6.05. The van der Waals surface area contributed by atoms with Crippen molar-refractivity contribution >= 4 is 0 Å². The van der Waals surface area contributed by atoms with Crippen LogP contribution in [-0.2, 0) is 24.9 Å². The first-order valence-corrected chi connectivity index (χ1v) is 8.44. The van der Waals surface area contributed by atoms with Crippen LogP contribution in [0.1, 0.15) is 42.2 Å². The van der Waals surface area contributed by atoms with E-state index in [1.165, 1.54) is 11.3 Å². The Balaban J connectivity index is 1.63. The summed E-state index contributed by atoms with van der Waals surface area (Å²) in [5, 5.41) is 8.10. The highest BCUT2D eigenvalue weighted by molar-refractivity contribution is 5.28. The number of imidazole rings is 1. The number of aromatic nitrogens is 4. The van der Waals surface area contributed by atoms with Crippen molar-refractivity contribution in [2.24, 2.45) is 13.0 Å². The predicted molar refractivity (Wildman–Crippen MR) is 89.1 cm³/mol. The predicted octanol–water partition coefficient (Wildman–Crippen LogP) is 2.12. The van der Waals surface area contributed by atoms with Gasteiger partial charge in [-0.1, -0.05) is 0 Å². The van der Waals surface area contributed by atoms with Gasteiger partial charge in [0.1, 0.15) is 5.82 Å². The van der Waals surface area contributed by atoms with Gasteiger partial charge in [-0.15, -0.1) is 0 Å². The average Bonchev–Trinajstić information content (AvgIpc) is 3.21. The fraction of sp³-hybridized carbons (Fsp3) is 0.647. The molecule has 2 aromatic heterocycles. The van der Waals surface area contributed by atoms with Crippen LogP contribution in [0.15, 0.2) is 12.4 Å². The van der Waals surface area contributed by atoms with E-state index in [4.69, 9.17) is 4.74 Å². The largest absolute Gasteiger partial charge is 0.373 e. The van der Waals surface area contributed by atoms with E-state index >= 15 is 0 Å². The fourth-order valence-corrected chi connectivity index (χ4v) is 3.53. The third-order valence-electron chi connectivity index (χ3n) is 4.90. The van der Waals surface area contributed by atoms with Gasteiger partial charge < -0.3 is 14.6 Å². The van der Waals surface area contributed by atoms with Crippen LogP contribution >= 0.6 is 0 Å². The Morgan fingerprint density at radius 2 is 2.22 bits per heavy atom. The monoisotopic (exact) mass is 317 g/mol. The van der Waals surface area contributed by atoms with Gasteiger partial charge in [0.2, 0.25) is 0 Å². The normalized spacial score (nSPS) is 21.2. The molecule has 0 spiro atoms. The summed E-state index contributed by atoms with van der Waals surface area (Å²) in [6, 6.07) is 0. The van der Waals surface area contributed by atoms with Crippen LogP contribution in [0.4, 0.5) is 0 Å². The summed E-state index contributed by atoms with van der Waals surface area (Å²) in [6.07, 6.45) is 5.14. The molecule has 2 atom stereocenters. The second-order valence-electron chi connectivity index (χ2n) is 6.31. The Morgan fingerprint density at radius 1 is 1.39 bits per heavy atom. The fourth-order valence-electron chi connectivity index (χ4n) is 3.53. The summed E-state index contributed by atoms with van der Waals surface area (Å²) in [6.45, 7) is 9.87. The molecular weight excluding hydrogens is 290 g/mol. The molecule has 2 aromatic rings. The number of nitrogens with one attached hydrogen (secondary N) is 1. The van der Waals surface area contributed by atoms with Crippen LogP contribution in [0.3, 0.4) is 0 Å². The Bertz CT molecular complexity index is 660. The smallest absolute Gasteiger partial charge is 0.122 e. The zero-order chi connectivity index (χ0) is 16.4. The minimum absolute atomic E-state index is 0.155. The quantitative estimate of drug-likeness (QED) is 0.887. The highest BCUT2D eigenvalue weighted by Crippen LogP contribution is 2.37. The lowest BCUT2D eigenvalue weighted by atomic mass is 9.94. The van der Waals surface area contributed by atoms with Gasteiger partial charge in [-0.05, 0) is 27.2 Å². The minimum atomic E-state index is 0.155. The molecule has 0 aromatic carbocycles. The summed E-state index contributed by atoms with van der Waals surface area (Å²) in [5.41, 5.74) is 3.57. The minimum Gasteiger partial charge on any atom is -0.373 e. The number of aryl methyl sites for hydroxylation is 3. The number of nitrogens with zero attached hydrogens (tertiary/aromatic N) is 4. The molecule has 0 amide bonds. The third-order valence-corrected chi connectivity index (χ3v) is 4.90. The lowest BCUT2D eigenvalue weighted by Crippen LogP contribution is -2.26. The van der Waals surface area contributed by atoms with E-state index in [-0.39, 0.29) is 6.10 Å². The second kappa shape index (κ2) is 6.84. The molecule has 1 aliphatic rings. The molecule has 1 aliphatic heterocycles. The molecule has 126 valence electrons. The second-order valence-corrected chi connectivity index (χ2v) is 6.31. The Kier molecular flexibility index (Phi) is 4.82. The maximum Gasteiger partial charge on any atom is 0.122 e. The number of rotatable bonds is 6. The van der Waals surface area contributed by atoms with Crippen molar-refractivity contribution in [3.8, 4) is 0 Å². The molecule has 0 bridgehead atoms. The highest BCUT2D eigenvalue weighted by atomic mass is 16.5. The molecule has 3 heterocycles. The zero-order valence-electron chi connectivity index (χ0n) is 14.5. The van der Waals surface area contributed by atoms with Crippen molar-refractivity contribution in [2.45, 2.75) is 46.4 Å².